The number of nitriles is 1. The van der Waals surface area contributed by atoms with Crippen molar-refractivity contribution >= 4 is 41.0 Å². The number of methoxy groups -OCH3 is 1. The highest BCUT2D eigenvalue weighted by atomic mass is 35.5. The molecule has 5 rings (SSSR count). The molecule has 2 aliphatic heterocycles. The SMILES string of the molecule is COC(=O)Nc1ccc2c(c1)NC(=O)CC/C=C/CC(N1CCC(c3c(F)ccc(Cl)c3F)NC1=O)c1nc-2c(C#N)[nH]1. The Morgan fingerprint density at radius 1 is 1.23 bits per heavy atom. The van der Waals surface area contributed by atoms with Gasteiger partial charge in [0.2, 0.25) is 5.91 Å². The van der Waals surface area contributed by atoms with Crippen LogP contribution < -0.4 is 16.0 Å². The molecule has 11 nitrogen and oxygen atoms in total. The van der Waals surface area contributed by atoms with Crippen molar-refractivity contribution in [1.82, 2.24) is 20.2 Å². The molecule has 0 radical (unpaired) electrons. The van der Waals surface area contributed by atoms with Gasteiger partial charge in [-0.25, -0.2) is 23.4 Å². The Kier molecular flexibility index (Phi) is 8.58. The fraction of sp³-hybridized carbons (Fsp3) is 0.276. The van der Waals surface area contributed by atoms with Gasteiger partial charge in [0, 0.05) is 29.8 Å². The summed E-state index contributed by atoms with van der Waals surface area (Å²) in [6, 6.07) is 6.75. The normalized spacial score (nSPS) is 19.4. The number of nitrogens with zero attached hydrogens (tertiary/aromatic N) is 3. The predicted octanol–water partition coefficient (Wildman–Crippen LogP) is 5.93. The number of imidazole rings is 1. The molecule has 2 aliphatic rings. The quantitative estimate of drug-likeness (QED) is 0.213. The van der Waals surface area contributed by atoms with Crippen molar-refractivity contribution < 1.29 is 27.9 Å². The topological polar surface area (TPSA) is 152 Å². The van der Waals surface area contributed by atoms with Gasteiger partial charge >= 0.3 is 12.1 Å². The zero-order valence-electron chi connectivity index (χ0n) is 22.8. The van der Waals surface area contributed by atoms with Gasteiger partial charge < -0.3 is 25.3 Å². The van der Waals surface area contributed by atoms with Crippen molar-refractivity contribution in [3.05, 3.63) is 76.2 Å². The molecular weight excluding hydrogens is 584 g/mol. The highest BCUT2D eigenvalue weighted by molar-refractivity contribution is 6.30. The molecule has 1 fully saturated rings. The van der Waals surface area contributed by atoms with E-state index < -0.39 is 35.8 Å². The zero-order valence-corrected chi connectivity index (χ0v) is 23.6. The van der Waals surface area contributed by atoms with Gasteiger partial charge in [0.1, 0.15) is 34.9 Å². The molecule has 0 saturated carbocycles. The number of hydrogen-bond acceptors (Lipinski definition) is 6. The molecule has 2 atom stereocenters. The van der Waals surface area contributed by atoms with Crippen molar-refractivity contribution in [2.24, 2.45) is 0 Å². The Morgan fingerprint density at radius 3 is 2.79 bits per heavy atom. The monoisotopic (exact) mass is 609 g/mol. The molecule has 14 heteroatoms. The lowest BCUT2D eigenvalue weighted by Crippen LogP contribution is -2.49. The van der Waals surface area contributed by atoms with Crippen LogP contribution in [0.5, 0.6) is 0 Å². The summed E-state index contributed by atoms with van der Waals surface area (Å²) in [4.78, 5) is 47.1. The molecule has 4 amide bonds. The van der Waals surface area contributed by atoms with E-state index in [0.29, 0.717) is 29.2 Å². The van der Waals surface area contributed by atoms with Gasteiger partial charge in [0.15, 0.2) is 0 Å². The number of carbonyl (C=O) groups excluding carboxylic acids is 3. The number of fused-ring (bicyclic) bond motifs is 4. The van der Waals surface area contributed by atoms with Crippen LogP contribution in [-0.4, -0.2) is 46.6 Å². The third-order valence-electron chi connectivity index (χ3n) is 7.22. The summed E-state index contributed by atoms with van der Waals surface area (Å²) in [5, 5.41) is 17.8. The van der Waals surface area contributed by atoms with Gasteiger partial charge in [-0.2, -0.15) is 5.26 Å². The van der Waals surface area contributed by atoms with Gasteiger partial charge in [-0.1, -0.05) is 23.8 Å². The maximum absolute atomic E-state index is 14.7. The van der Waals surface area contributed by atoms with Crippen LogP contribution in [0.4, 0.5) is 29.7 Å². The van der Waals surface area contributed by atoms with Crippen molar-refractivity contribution in [2.45, 2.75) is 37.8 Å². The van der Waals surface area contributed by atoms with Crippen LogP contribution in [0.3, 0.4) is 0 Å². The van der Waals surface area contributed by atoms with Crippen molar-refractivity contribution in [3.63, 3.8) is 0 Å². The number of allylic oxidation sites excluding steroid dienone is 1. The third kappa shape index (κ3) is 6.14. The smallest absolute Gasteiger partial charge is 0.411 e. The molecular formula is C29H26ClF2N7O4. The van der Waals surface area contributed by atoms with Gasteiger partial charge in [0.05, 0.1) is 29.9 Å². The van der Waals surface area contributed by atoms with Gasteiger partial charge in [-0.05, 0) is 49.6 Å². The second kappa shape index (κ2) is 12.5. The molecule has 222 valence electrons. The number of carbonyl (C=O) groups is 3. The number of halogens is 3. The summed E-state index contributed by atoms with van der Waals surface area (Å²) in [6.45, 7) is 0.123. The van der Waals surface area contributed by atoms with E-state index in [1.165, 1.54) is 18.1 Å². The van der Waals surface area contributed by atoms with E-state index in [-0.39, 0.29) is 53.7 Å². The number of anilines is 2. The number of rotatable bonds is 3. The minimum absolute atomic E-state index is 0.0866. The third-order valence-corrected chi connectivity index (χ3v) is 7.51. The first-order valence-corrected chi connectivity index (χ1v) is 13.7. The largest absolute Gasteiger partial charge is 0.453 e. The fourth-order valence-electron chi connectivity index (χ4n) is 5.13. The van der Waals surface area contributed by atoms with Crippen LogP contribution in [0.25, 0.3) is 11.3 Å². The molecule has 0 spiro atoms. The Hall–Kier alpha value is -4.96. The first kappa shape index (κ1) is 29.5. The van der Waals surface area contributed by atoms with E-state index in [9.17, 15) is 28.4 Å². The standard InChI is InChI=1S/C29H26ClF2N7O4/c1-43-29(42)34-15-7-8-16-20(13-15)35-23(40)6-4-2-3-5-22(27-36-21(14-33)26(16)38-27)39-12-11-19(37-28(39)41)24-18(31)10-9-17(30)25(24)32/h2-3,7-10,13,19,22H,4-6,11-12H2,1H3,(H,34,42)(H,35,40)(H,36,38)(H,37,41)/b3-2+. The van der Waals surface area contributed by atoms with E-state index in [4.69, 9.17) is 16.6 Å². The highest BCUT2D eigenvalue weighted by Gasteiger charge is 2.36. The van der Waals surface area contributed by atoms with Crippen LogP contribution in [-0.2, 0) is 9.53 Å². The number of benzene rings is 2. The predicted molar refractivity (Wildman–Crippen MR) is 153 cm³/mol. The molecule has 43 heavy (non-hydrogen) atoms. The van der Waals surface area contributed by atoms with E-state index in [0.717, 1.165) is 12.1 Å². The second-order valence-corrected chi connectivity index (χ2v) is 10.3. The number of nitrogens with one attached hydrogen (secondary N) is 4. The zero-order chi connectivity index (χ0) is 30.7. The number of aromatic nitrogens is 2. The Balaban J connectivity index is 1.51. The van der Waals surface area contributed by atoms with Crippen LogP contribution >= 0.6 is 11.6 Å². The minimum atomic E-state index is -0.939. The molecule has 4 N–H and O–H groups in total. The highest BCUT2D eigenvalue weighted by Crippen LogP contribution is 2.37. The van der Waals surface area contributed by atoms with Crippen LogP contribution in [0, 0.1) is 23.0 Å². The van der Waals surface area contributed by atoms with Gasteiger partial charge in [-0.15, -0.1) is 0 Å². The number of hydrogen-bond donors (Lipinski definition) is 4. The molecule has 1 saturated heterocycles. The average Bonchev–Trinajstić information content (AvgIpc) is 3.41. The molecule has 1 aromatic heterocycles. The molecule has 0 aliphatic carbocycles. The lowest BCUT2D eigenvalue weighted by Gasteiger charge is -2.37. The molecule has 3 heterocycles. The van der Waals surface area contributed by atoms with E-state index in [1.807, 2.05) is 6.08 Å². The number of amides is 4. The molecule has 3 aromatic rings. The lowest BCUT2D eigenvalue weighted by atomic mass is 9.99. The van der Waals surface area contributed by atoms with Crippen molar-refractivity contribution in [1.29, 1.82) is 5.26 Å². The molecule has 2 aromatic carbocycles. The van der Waals surface area contributed by atoms with Crippen LogP contribution in [0.15, 0.2) is 42.5 Å². The van der Waals surface area contributed by atoms with Gasteiger partial charge in [0.25, 0.3) is 0 Å². The van der Waals surface area contributed by atoms with E-state index >= 15 is 0 Å². The summed E-state index contributed by atoms with van der Waals surface area (Å²) < 4.78 is 33.9. The summed E-state index contributed by atoms with van der Waals surface area (Å²) in [5.41, 5.74) is 1.06. The summed E-state index contributed by atoms with van der Waals surface area (Å²) in [7, 11) is 1.22. The number of H-pyrrole nitrogens is 1. The van der Waals surface area contributed by atoms with Crippen LogP contribution in [0.1, 0.15) is 54.8 Å². The van der Waals surface area contributed by atoms with Crippen molar-refractivity contribution in [2.75, 3.05) is 24.3 Å². The van der Waals surface area contributed by atoms with Crippen molar-refractivity contribution in [3.8, 4) is 17.3 Å². The maximum Gasteiger partial charge on any atom is 0.411 e. The second-order valence-electron chi connectivity index (χ2n) is 9.89. The van der Waals surface area contributed by atoms with Crippen LogP contribution in [0.2, 0.25) is 5.02 Å². The summed E-state index contributed by atoms with van der Waals surface area (Å²) >= 11 is 5.87. The number of aromatic amines is 1. The number of urea groups is 1. The average molecular weight is 610 g/mol. The summed E-state index contributed by atoms with van der Waals surface area (Å²) in [6.07, 6.45) is 3.92. The van der Waals surface area contributed by atoms with E-state index in [2.05, 4.69) is 31.7 Å². The Bertz CT molecular complexity index is 1670. The molecule has 2 bridgehead atoms. The maximum atomic E-state index is 14.7. The Morgan fingerprint density at radius 2 is 2.05 bits per heavy atom. The summed E-state index contributed by atoms with van der Waals surface area (Å²) in [5.74, 6) is -1.73. The van der Waals surface area contributed by atoms with E-state index in [1.54, 1.807) is 18.2 Å². The van der Waals surface area contributed by atoms with Gasteiger partial charge in [-0.3, -0.25) is 10.1 Å². The number of ether oxygens (including phenoxy) is 1. The minimum Gasteiger partial charge on any atom is -0.453 e. The first-order chi connectivity index (χ1) is 20.7. The fourth-order valence-corrected chi connectivity index (χ4v) is 5.30. The lowest BCUT2D eigenvalue weighted by molar-refractivity contribution is -0.116. The Labute approximate surface area is 249 Å². The molecule has 2 unspecified atom stereocenters. The first-order valence-electron chi connectivity index (χ1n) is 13.3.